The number of benzene rings is 1. The average molecular weight is 294 g/mol. The summed E-state index contributed by atoms with van der Waals surface area (Å²) in [5.74, 6) is 1.39. The summed E-state index contributed by atoms with van der Waals surface area (Å²) >= 11 is 0. The van der Waals surface area contributed by atoms with Crippen molar-refractivity contribution in [2.45, 2.75) is 26.8 Å². The van der Waals surface area contributed by atoms with Gasteiger partial charge >= 0.3 is 0 Å². The van der Waals surface area contributed by atoms with Crippen LogP contribution in [0.1, 0.15) is 18.3 Å². The van der Waals surface area contributed by atoms with E-state index in [0.717, 1.165) is 28.8 Å². The standard InChI is InChI=1S/C17H18N4O/c1-3-16-19-13-6-4-5-7-14(13)21(16)11-17(22)20-15-10-12(2)8-9-18-15/h4-10H,3,11H2,1-2H3,(H,18,20,22). The minimum absolute atomic E-state index is 0.101. The molecule has 0 spiro atoms. The van der Waals surface area contributed by atoms with Gasteiger partial charge in [-0.25, -0.2) is 9.97 Å². The van der Waals surface area contributed by atoms with Crippen LogP contribution in [0, 0.1) is 6.92 Å². The molecule has 0 saturated heterocycles. The molecule has 0 radical (unpaired) electrons. The number of pyridine rings is 1. The van der Waals surface area contributed by atoms with E-state index in [1.54, 1.807) is 6.20 Å². The Morgan fingerprint density at radius 3 is 2.86 bits per heavy atom. The minimum atomic E-state index is -0.101. The van der Waals surface area contributed by atoms with Gasteiger partial charge in [0.1, 0.15) is 18.2 Å². The van der Waals surface area contributed by atoms with Crippen LogP contribution in [0.25, 0.3) is 11.0 Å². The Labute approximate surface area is 129 Å². The lowest BCUT2D eigenvalue weighted by Gasteiger charge is -2.09. The summed E-state index contributed by atoms with van der Waals surface area (Å²) in [5, 5.41) is 2.84. The first-order valence-corrected chi connectivity index (χ1v) is 7.34. The van der Waals surface area contributed by atoms with E-state index in [2.05, 4.69) is 15.3 Å². The van der Waals surface area contributed by atoms with E-state index in [0.29, 0.717) is 5.82 Å². The third kappa shape index (κ3) is 2.83. The number of fused-ring (bicyclic) bond motifs is 1. The van der Waals surface area contributed by atoms with Crippen molar-refractivity contribution in [1.29, 1.82) is 0 Å². The number of para-hydroxylation sites is 2. The fourth-order valence-corrected chi connectivity index (χ4v) is 2.50. The van der Waals surface area contributed by atoms with E-state index in [1.807, 2.05) is 54.8 Å². The van der Waals surface area contributed by atoms with Crippen molar-refractivity contribution >= 4 is 22.8 Å². The van der Waals surface area contributed by atoms with Crippen LogP contribution in [0.5, 0.6) is 0 Å². The maximum absolute atomic E-state index is 12.3. The molecule has 0 fully saturated rings. The predicted octanol–water partition coefficient (Wildman–Crippen LogP) is 2.94. The highest BCUT2D eigenvalue weighted by Crippen LogP contribution is 2.16. The molecule has 1 aromatic carbocycles. The van der Waals surface area contributed by atoms with Gasteiger partial charge in [-0.2, -0.15) is 0 Å². The van der Waals surface area contributed by atoms with Gasteiger partial charge in [0.05, 0.1) is 11.0 Å². The lowest BCUT2D eigenvalue weighted by molar-refractivity contribution is -0.116. The molecule has 1 N–H and O–H groups in total. The highest BCUT2D eigenvalue weighted by Gasteiger charge is 2.12. The molecule has 0 saturated carbocycles. The fraction of sp³-hybridized carbons (Fsp3) is 0.235. The zero-order chi connectivity index (χ0) is 15.5. The number of aromatic nitrogens is 3. The van der Waals surface area contributed by atoms with E-state index >= 15 is 0 Å². The third-order valence-electron chi connectivity index (χ3n) is 3.53. The topological polar surface area (TPSA) is 59.8 Å². The van der Waals surface area contributed by atoms with E-state index < -0.39 is 0 Å². The second-order valence-electron chi connectivity index (χ2n) is 5.22. The summed E-state index contributed by atoms with van der Waals surface area (Å²) in [4.78, 5) is 21.0. The van der Waals surface area contributed by atoms with Gasteiger partial charge in [0.15, 0.2) is 0 Å². The molecule has 0 unspecified atom stereocenters. The number of anilines is 1. The van der Waals surface area contributed by atoms with Crippen molar-refractivity contribution in [3.63, 3.8) is 0 Å². The molecule has 112 valence electrons. The number of aryl methyl sites for hydroxylation is 2. The highest BCUT2D eigenvalue weighted by molar-refractivity contribution is 5.91. The van der Waals surface area contributed by atoms with Crippen LogP contribution in [0.3, 0.4) is 0 Å². The van der Waals surface area contributed by atoms with Crippen LogP contribution in [-0.2, 0) is 17.8 Å². The van der Waals surface area contributed by atoms with Gasteiger partial charge in [-0.1, -0.05) is 19.1 Å². The van der Waals surface area contributed by atoms with E-state index in [-0.39, 0.29) is 12.5 Å². The Hall–Kier alpha value is -2.69. The van der Waals surface area contributed by atoms with E-state index in [4.69, 9.17) is 0 Å². The number of nitrogens with zero attached hydrogens (tertiary/aromatic N) is 3. The summed E-state index contributed by atoms with van der Waals surface area (Å²) in [6.07, 6.45) is 2.47. The van der Waals surface area contributed by atoms with Crippen molar-refractivity contribution < 1.29 is 4.79 Å². The molecule has 0 bridgehead atoms. The molecule has 0 aliphatic heterocycles. The number of hydrogen-bond acceptors (Lipinski definition) is 3. The van der Waals surface area contributed by atoms with Gasteiger partial charge in [0.2, 0.25) is 5.91 Å². The number of carbonyl (C=O) groups is 1. The number of amides is 1. The Kier molecular flexibility index (Phi) is 3.87. The zero-order valence-corrected chi connectivity index (χ0v) is 12.7. The molecule has 3 aromatic rings. The van der Waals surface area contributed by atoms with Gasteiger partial charge in [-0.05, 0) is 36.8 Å². The quantitative estimate of drug-likeness (QED) is 0.805. The van der Waals surface area contributed by atoms with Crippen molar-refractivity contribution in [3.8, 4) is 0 Å². The number of imidazole rings is 1. The maximum Gasteiger partial charge on any atom is 0.245 e. The largest absolute Gasteiger partial charge is 0.318 e. The minimum Gasteiger partial charge on any atom is -0.318 e. The van der Waals surface area contributed by atoms with Crippen molar-refractivity contribution in [3.05, 3.63) is 54.0 Å². The number of carbonyl (C=O) groups excluding carboxylic acids is 1. The second-order valence-corrected chi connectivity index (χ2v) is 5.22. The molecule has 2 aromatic heterocycles. The molecule has 0 aliphatic carbocycles. The Morgan fingerprint density at radius 1 is 1.27 bits per heavy atom. The van der Waals surface area contributed by atoms with Crippen LogP contribution in [0.15, 0.2) is 42.6 Å². The Morgan fingerprint density at radius 2 is 2.09 bits per heavy atom. The second kappa shape index (κ2) is 5.97. The molecular formula is C17H18N4O. The first kappa shape index (κ1) is 14.3. The van der Waals surface area contributed by atoms with Crippen LogP contribution in [-0.4, -0.2) is 20.4 Å². The fourth-order valence-electron chi connectivity index (χ4n) is 2.50. The first-order chi connectivity index (χ1) is 10.7. The van der Waals surface area contributed by atoms with Crippen LogP contribution in [0.2, 0.25) is 0 Å². The summed E-state index contributed by atoms with van der Waals surface area (Å²) in [6, 6.07) is 11.6. The lowest BCUT2D eigenvalue weighted by Crippen LogP contribution is -2.20. The van der Waals surface area contributed by atoms with Gasteiger partial charge in [-0.3, -0.25) is 4.79 Å². The number of nitrogens with one attached hydrogen (secondary N) is 1. The summed E-state index contributed by atoms with van der Waals surface area (Å²) in [7, 11) is 0. The molecule has 5 heteroatoms. The SMILES string of the molecule is CCc1nc2ccccc2n1CC(=O)Nc1cc(C)ccn1. The number of hydrogen-bond donors (Lipinski definition) is 1. The molecular weight excluding hydrogens is 276 g/mol. The number of rotatable bonds is 4. The molecule has 2 heterocycles. The maximum atomic E-state index is 12.3. The van der Waals surface area contributed by atoms with Crippen LogP contribution in [0.4, 0.5) is 5.82 Å². The molecule has 1 amide bonds. The normalized spacial score (nSPS) is 10.8. The van der Waals surface area contributed by atoms with E-state index in [9.17, 15) is 4.79 Å². The van der Waals surface area contributed by atoms with Crippen molar-refractivity contribution in [2.75, 3.05) is 5.32 Å². The summed E-state index contributed by atoms with van der Waals surface area (Å²) < 4.78 is 1.96. The predicted molar refractivity (Wildman–Crippen MR) is 86.7 cm³/mol. The first-order valence-electron chi connectivity index (χ1n) is 7.34. The van der Waals surface area contributed by atoms with Crippen molar-refractivity contribution in [2.24, 2.45) is 0 Å². The van der Waals surface area contributed by atoms with Crippen LogP contribution >= 0.6 is 0 Å². The zero-order valence-electron chi connectivity index (χ0n) is 12.7. The van der Waals surface area contributed by atoms with E-state index in [1.165, 1.54) is 0 Å². The highest BCUT2D eigenvalue weighted by atomic mass is 16.2. The van der Waals surface area contributed by atoms with Gasteiger partial charge in [-0.15, -0.1) is 0 Å². The molecule has 5 nitrogen and oxygen atoms in total. The summed E-state index contributed by atoms with van der Waals surface area (Å²) in [6.45, 7) is 4.24. The summed E-state index contributed by atoms with van der Waals surface area (Å²) in [5.41, 5.74) is 2.96. The third-order valence-corrected chi connectivity index (χ3v) is 3.53. The van der Waals surface area contributed by atoms with Crippen LogP contribution < -0.4 is 5.32 Å². The molecule has 0 atom stereocenters. The van der Waals surface area contributed by atoms with Gasteiger partial charge in [0, 0.05) is 12.6 Å². The lowest BCUT2D eigenvalue weighted by atomic mass is 10.3. The average Bonchev–Trinajstić information content (AvgIpc) is 2.85. The van der Waals surface area contributed by atoms with Gasteiger partial charge < -0.3 is 9.88 Å². The van der Waals surface area contributed by atoms with Gasteiger partial charge in [0.25, 0.3) is 0 Å². The monoisotopic (exact) mass is 294 g/mol. The Balaban J connectivity index is 1.85. The smallest absolute Gasteiger partial charge is 0.245 e. The Bertz CT molecular complexity index is 822. The molecule has 3 rings (SSSR count). The molecule has 0 aliphatic rings. The molecule has 22 heavy (non-hydrogen) atoms. The van der Waals surface area contributed by atoms with Crippen molar-refractivity contribution in [1.82, 2.24) is 14.5 Å².